The van der Waals surface area contributed by atoms with E-state index in [-0.39, 0.29) is 35.5 Å². The molecule has 0 saturated carbocycles. The number of nitrogen functional groups attached to an aromatic ring is 1. The zero-order valence-corrected chi connectivity index (χ0v) is 19.9. The van der Waals surface area contributed by atoms with Gasteiger partial charge in [-0.2, -0.15) is 0 Å². The fourth-order valence-corrected chi connectivity index (χ4v) is 5.51. The Morgan fingerprint density at radius 1 is 1.09 bits per heavy atom. The second-order valence-electron chi connectivity index (χ2n) is 9.40. The molecule has 3 N–H and O–H groups in total. The number of nitrogens with two attached hydrogens (primary N) is 1. The number of carbonyl (C=O) groups is 1. The minimum atomic E-state index is -3.66. The van der Waals surface area contributed by atoms with Gasteiger partial charge in [-0.15, -0.1) is 0 Å². The van der Waals surface area contributed by atoms with Gasteiger partial charge in [0, 0.05) is 55.4 Å². The summed E-state index contributed by atoms with van der Waals surface area (Å²) in [5, 5.41) is 2.22. The third-order valence-corrected chi connectivity index (χ3v) is 7.73. The highest BCUT2D eigenvalue weighted by atomic mass is 32.2. The second-order valence-corrected chi connectivity index (χ2v) is 11.6. The molecule has 178 valence electrons. The Hall–Kier alpha value is -2.92. The van der Waals surface area contributed by atoms with Crippen molar-refractivity contribution in [1.82, 2.24) is 20.2 Å². The number of urea groups is 1. The van der Waals surface area contributed by atoms with Crippen molar-refractivity contribution < 1.29 is 17.9 Å². The van der Waals surface area contributed by atoms with Gasteiger partial charge in [-0.25, -0.2) is 23.2 Å². The lowest BCUT2D eigenvalue weighted by Crippen LogP contribution is -2.61. The Morgan fingerprint density at radius 2 is 1.73 bits per heavy atom. The van der Waals surface area contributed by atoms with Gasteiger partial charge in [0.25, 0.3) is 0 Å². The van der Waals surface area contributed by atoms with Gasteiger partial charge < -0.3 is 25.6 Å². The van der Waals surface area contributed by atoms with Crippen LogP contribution in [0.1, 0.15) is 20.8 Å². The van der Waals surface area contributed by atoms with Crippen molar-refractivity contribution in [3.05, 3.63) is 30.6 Å². The van der Waals surface area contributed by atoms with Crippen LogP contribution in [0.3, 0.4) is 0 Å². The number of amides is 2. The maximum Gasteiger partial charge on any atom is 0.317 e. The number of hydrogen-bond donors (Lipinski definition) is 2. The molecule has 2 aliphatic rings. The molecule has 11 heteroatoms. The molecule has 2 amide bonds. The Labute approximate surface area is 194 Å². The number of benzene rings is 1. The number of anilines is 2. The maximum absolute atomic E-state index is 13.5. The lowest BCUT2D eigenvalue weighted by molar-refractivity contribution is 0.122. The van der Waals surface area contributed by atoms with Crippen molar-refractivity contribution in [2.45, 2.75) is 36.5 Å². The van der Waals surface area contributed by atoms with Gasteiger partial charge >= 0.3 is 6.03 Å². The van der Waals surface area contributed by atoms with Crippen LogP contribution >= 0.6 is 0 Å². The van der Waals surface area contributed by atoms with Crippen LogP contribution in [0.15, 0.2) is 35.5 Å². The van der Waals surface area contributed by atoms with Gasteiger partial charge in [-0.3, -0.25) is 0 Å². The summed E-state index contributed by atoms with van der Waals surface area (Å²) in [5.74, 6) is 0.152. The molecule has 3 heterocycles. The summed E-state index contributed by atoms with van der Waals surface area (Å²) in [6.07, 6.45) is 3.16. The highest BCUT2D eigenvalue weighted by Crippen LogP contribution is 2.32. The van der Waals surface area contributed by atoms with Crippen LogP contribution < -0.4 is 16.0 Å². The zero-order valence-electron chi connectivity index (χ0n) is 19.1. The summed E-state index contributed by atoms with van der Waals surface area (Å²) in [5.41, 5.74) is 7.40. The van der Waals surface area contributed by atoms with Crippen molar-refractivity contribution in [2.24, 2.45) is 0 Å². The topological polar surface area (TPSA) is 131 Å². The predicted molar refractivity (Wildman–Crippen MR) is 126 cm³/mol. The smallest absolute Gasteiger partial charge is 0.317 e. The van der Waals surface area contributed by atoms with Crippen LogP contribution in [0.4, 0.5) is 16.4 Å². The van der Waals surface area contributed by atoms with Crippen LogP contribution in [-0.2, 0) is 14.6 Å². The number of hydrogen-bond acceptors (Lipinski definition) is 8. The number of aromatic nitrogens is 2. The highest BCUT2D eigenvalue weighted by molar-refractivity contribution is 7.92. The quantitative estimate of drug-likeness (QED) is 0.682. The molecule has 0 unspecified atom stereocenters. The summed E-state index contributed by atoms with van der Waals surface area (Å²) in [6.45, 7) is 8.49. The lowest BCUT2D eigenvalue weighted by atomic mass is 10.1. The molecule has 1 aromatic heterocycles. The van der Waals surface area contributed by atoms with E-state index >= 15 is 0 Å². The summed E-state index contributed by atoms with van der Waals surface area (Å²) in [4.78, 5) is 24.3. The molecule has 10 nitrogen and oxygen atoms in total. The van der Waals surface area contributed by atoms with Crippen LogP contribution in [0.2, 0.25) is 0 Å². The third kappa shape index (κ3) is 5.19. The van der Waals surface area contributed by atoms with E-state index in [9.17, 15) is 13.2 Å². The second kappa shape index (κ2) is 8.79. The van der Waals surface area contributed by atoms with Crippen LogP contribution in [-0.4, -0.2) is 79.5 Å². The Bertz CT molecular complexity index is 1120. The SMILES string of the molecule is CC(C)(C)NC(=O)N1CC(S(=O)(=O)c2cc(-c3cnc(N)nc3)cc(N3CCOCC3)c2)C1. The average Bonchev–Trinajstić information content (AvgIpc) is 2.72. The summed E-state index contributed by atoms with van der Waals surface area (Å²) >= 11 is 0. The minimum absolute atomic E-state index is 0.152. The van der Waals surface area contributed by atoms with E-state index in [0.29, 0.717) is 37.4 Å². The van der Waals surface area contributed by atoms with Crippen molar-refractivity contribution in [2.75, 3.05) is 50.0 Å². The normalized spacial score (nSPS) is 17.5. The van der Waals surface area contributed by atoms with Crippen molar-refractivity contribution in [3.63, 3.8) is 0 Å². The molecule has 2 fully saturated rings. The minimum Gasteiger partial charge on any atom is -0.378 e. The van der Waals surface area contributed by atoms with Crippen LogP contribution in [0, 0.1) is 0 Å². The number of ether oxygens (including phenoxy) is 1. The number of carbonyl (C=O) groups excluding carboxylic acids is 1. The van der Waals surface area contributed by atoms with E-state index in [1.54, 1.807) is 24.5 Å². The third-order valence-electron chi connectivity index (χ3n) is 5.66. The predicted octanol–water partition coefficient (Wildman–Crippen LogP) is 1.53. The van der Waals surface area contributed by atoms with Crippen LogP contribution in [0.5, 0.6) is 0 Å². The maximum atomic E-state index is 13.5. The lowest BCUT2D eigenvalue weighted by Gasteiger charge is -2.40. The number of morpholine rings is 1. The van der Waals surface area contributed by atoms with E-state index in [0.717, 1.165) is 5.69 Å². The average molecular weight is 475 g/mol. The molecule has 0 atom stereocenters. The first-order valence-corrected chi connectivity index (χ1v) is 12.4. The van der Waals surface area contributed by atoms with Gasteiger partial charge in [-0.1, -0.05) is 0 Å². The summed E-state index contributed by atoms with van der Waals surface area (Å²) in [7, 11) is -3.66. The first-order chi connectivity index (χ1) is 15.5. The van der Waals surface area contributed by atoms with E-state index in [1.807, 2.05) is 26.8 Å². The van der Waals surface area contributed by atoms with Crippen molar-refractivity contribution >= 4 is 27.5 Å². The first kappa shape index (κ1) is 23.2. The van der Waals surface area contributed by atoms with Gasteiger partial charge in [0.1, 0.15) is 5.25 Å². The standard InChI is InChI=1S/C22H30N6O4S/c1-22(2,3)26-21(29)28-13-19(14-28)33(30,31)18-9-15(16-11-24-20(23)25-12-16)8-17(10-18)27-4-6-32-7-5-27/h8-12,19H,4-7,13-14H2,1-3H3,(H,26,29)(H2,23,24,25). The van der Waals surface area contributed by atoms with Gasteiger partial charge in [0.15, 0.2) is 9.84 Å². The molecule has 0 bridgehead atoms. The summed E-state index contributed by atoms with van der Waals surface area (Å²) in [6, 6.07) is 5.03. The van der Waals surface area contributed by atoms with E-state index in [4.69, 9.17) is 10.5 Å². The molecule has 2 saturated heterocycles. The molecule has 0 spiro atoms. The molecule has 0 aliphatic carbocycles. The molecule has 2 aromatic rings. The summed E-state index contributed by atoms with van der Waals surface area (Å²) < 4.78 is 32.4. The van der Waals surface area contributed by atoms with E-state index in [2.05, 4.69) is 20.2 Å². The molecule has 2 aliphatic heterocycles. The number of nitrogens with zero attached hydrogens (tertiary/aromatic N) is 4. The van der Waals surface area contributed by atoms with Gasteiger partial charge in [0.2, 0.25) is 5.95 Å². The van der Waals surface area contributed by atoms with Crippen molar-refractivity contribution in [3.8, 4) is 11.1 Å². The number of rotatable bonds is 4. The molecular formula is C22H30N6O4S. The number of nitrogens with one attached hydrogen (secondary N) is 1. The first-order valence-electron chi connectivity index (χ1n) is 10.9. The molecule has 1 aromatic carbocycles. The van der Waals surface area contributed by atoms with Gasteiger partial charge in [0.05, 0.1) is 18.1 Å². The fourth-order valence-electron chi connectivity index (χ4n) is 3.80. The largest absolute Gasteiger partial charge is 0.378 e. The van der Waals surface area contributed by atoms with Crippen LogP contribution in [0.25, 0.3) is 11.1 Å². The van der Waals surface area contributed by atoms with E-state index in [1.165, 1.54) is 4.90 Å². The Kier molecular flexibility index (Phi) is 6.19. The Balaban J connectivity index is 1.62. The van der Waals surface area contributed by atoms with Gasteiger partial charge in [-0.05, 0) is 44.5 Å². The monoisotopic (exact) mass is 474 g/mol. The number of likely N-dealkylation sites (tertiary alicyclic amines) is 1. The van der Waals surface area contributed by atoms with E-state index < -0.39 is 15.1 Å². The fraction of sp³-hybridized carbons (Fsp3) is 0.500. The van der Waals surface area contributed by atoms with Crippen molar-refractivity contribution in [1.29, 1.82) is 0 Å². The Morgan fingerprint density at radius 3 is 2.33 bits per heavy atom. The molecule has 4 rings (SSSR count). The number of sulfone groups is 1. The zero-order chi connectivity index (χ0) is 23.8. The highest BCUT2D eigenvalue weighted by Gasteiger charge is 2.41. The molecular weight excluding hydrogens is 444 g/mol. The molecule has 0 radical (unpaired) electrons. The molecule has 33 heavy (non-hydrogen) atoms.